The Morgan fingerprint density at radius 1 is 1.42 bits per heavy atom. The molecule has 0 aliphatic heterocycles. The van der Waals surface area contributed by atoms with Crippen LogP contribution in [0.1, 0.15) is 51.9 Å². The van der Waals surface area contributed by atoms with Gasteiger partial charge in [0, 0.05) is 13.1 Å². The molecule has 3 nitrogen and oxygen atoms in total. The van der Waals surface area contributed by atoms with Crippen LogP contribution in [0.25, 0.3) is 0 Å². The third kappa shape index (κ3) is 4.92. The molecule has 0 amide bonds. The highest BCUT2D eigenvalue weighted by Gasteiger charge is 2.25. The lowest BCUT2D eigenvalue weighted by molar-refractivity contribution is 0.281. The maximum Gasteiger partial charge on any atom is 0.0738 e. The summed E-state index contributed by atoms with van der Waals surface area (Å²) in [6, 6.07) is 0.558. The summed E-state index contributed by atoms with van der Waals surface area (Å²) in [6.45, 7) is 12.3. The van der Waals surface area contributed by atoms with Crippen LogP contribution in [0.2, 0.25) is 0 Å². The van der Waals surface area contributed by atoms with Crippen LogP contribution in [0.15, 0.2) is 4.47 Å². The van der Waals surface area contributed by atoms with Gasteiger partial charge in [-0.05, 0) is 61.0 Å². The van der Waals surface area contributed by atoms with Crippen LogP contribution in [-0.4, -0.2) is 22.4 Å². The van der Waals surface area contributed by atoms with E-state index in [9.17, 15) is 0 Å². The number of halogens is 1. The molecule has 0 bridgehead atoms. The Hall–Kier alpha value is -0.350. The summed E-state index contributed by atoms with van der Waals surface area (Å²) in [5, 5.41) is 8.05. The number of nitrogens with one attached hydrogen (secondary N) is 1. The fraction of sp³-hybridized carbons (Fsp3) is 0.800. The zero-order valence-corrected chi connectivity index (χ0v) is 14.8. The molecule has 0 saturated heterocycles. The van der Waals surface area contributed by atoms with Crippen LogP contribution in [0.4, 0.5) is 0 Å². The summed E-state index contributed by atoms with van der Waals surface area (Å²) in [5.41, 5.74) is 2.64. The third-order valence-electron chi connectivity index (χ3n) is 3.51. The Morgan fingerprint density at radius 3 is 2.53 bits per heavy atom. The molecular formula is C15H28BrN3. The highest BCUT2D eigenvalue weighted by molar-refractivity contribution is 9.10. The van der Waals surface area contributed by atoms with Crippen molar-refractivity contribution < 1.29 is 0 Å². The Morgan fingerprint density at radius 2 is 2.05 bits per heavy atom. The molecule has 0 saturated carbocycles. The average Bonchev–Trinajstić information content (AvgIpc) is 2.52. The second-order valence-corrected chi connectivity index (χ2v) is 7.16. The van der Waals surface area contributed by atoms with Crippen LogP contribution >= 0.6 is 15.9 Å². The molecule has 1 unspecified atom stereocenters. The van der Waals surface area contributed by atoms with Gasteiger partial charge in [-0.3, -0.25) is 4.68 Å². The van der Waals surface area contributed by atoms with E-state index >= 15 is 0 Å². The van der Waals surface area contributed by atoms with Gasteiger partial charge in [-0.2, -0.15) is 5.10 Å². The minimum Gasteiger partial charge on any atom is -0.314 e. The monoisotopic (exact) mass is 329 g/mol. The normalized spacial score (nSPS) is 13.8. The molecule has 110 valence electrons. The van der Waals surface area contributed by atoms with Crippen LogP contribution in [0, 0.1) is 12.3 Å². The maximum atomic E-state index is 4.48. The van der Waals surface area contributed by atoms with Gasteiger partial charge in [-0.15, -0.1) is 0 Å². The molecule has 1 heterocycles. The molecule has 1 N–H and O–H groups in total. The number of hydrogen-bond donors (Lipinski definition) is 1. The van der Waals surface area contributed by atoms with Crippen molar-refractivity contribution in [2.45, 2.75) is 59.9 Å². The van der Waals surface area contributed by atoms with Crippen LogP contribution in [0.5, 0.6) is 0 Å². The first-order valence-electron chi connectivity index (χ1n) is 7.18. The predicted molar refractivity (Wildman–Crippen MR) is 85.5 cm³/mol. The van der Waals surface area contributed by atoms with Gasteiger partial charge in [0.1, 0.15) is 0 Å². The largest absolute Gasteiger partial charge is 0.314 e. The molecule has 0 aliphatic carbocycles. The molecule has 19 heavy (non-hydrogen) atoms. The lowest BCUT2D eigenvalue weighted by atomic mass is 9.81. The fourth-order valence-electron chi connectivity index (χ4n) is 2.69. The number of rotatable bonds is 7. The van der Waals surface area contributed by atoms with Gasteiger partial charge in [0.25, 0.3) is 0 Å². The van der Waals surface area contributed by atoms with Crippen molar-refractivity contribution in [1.29, 1.82) is 0 Å². The summed E-state index contributed by atoms with van der Waals surface area (Å²) >= 11 is 3.66. The van der Waals surface area contributed by atoms with E-state index in [2.05, 4.69) is 54.0 Å². The molecule has 0 aliphatic rings. The SMILES string of the molecule is CCCNC(C)CC(C)(C)Cc1c(Br)c(C)nn1C. The quantitative estimate of drug-likeness (QED) is 0.823. The Kier molecular flexibility index (Phi) is 6.06. The summed E-state index contributed by atoms with van der Waals surface area (Å²) in [6.07, 6.45) is 3.41. The molecule has 1 atom stereocenters. The average molecular weight is 330 g/mol. The number of aryl methyl sites for hydroxylation is 2. The van der Waals surface area contributed by atoms with Gasteiger partial charge < -0.3 is 5.32 Å². The standard InChI is InChI=1S/C15H28BrN3/c1-7-8-17-11(2)9-15(4,5)10-13-14(16)12(3)18-19(13)6/h11,17H,7-10H2,1-6H3. The van der Waals surface area contributed by atoms with Crippen molar-refractivity contribution in [3.8, 4) is 0 Å². The second kappa shape index (κ2) is 6.89. The number of nitrogens with zero attached hydrogens (tertiary/aromatic N) is 2. The van der Waals surface area contributed by atoms with Gasteiger partial charge in [0.05, 0.1) is 15.9 Å². The smallest absolute Gasteiger partial charge is 0.0738 e. The van der Waals surface area contributed by atoms with Crippen molar-refractivity contribution in [2.24, 2.45) is 12.5 Å². The third-order valence-corrected chi connectivity index (χ3v) is 4.54. The molecule has 4 heteroatoms. The topological polar surface area (TPSA) is 29.9 Å². The Bertz CT molecular complexity index is 410. The van der Waals surface area contributed by atoms with E-state index in [0.29, 0.717) is 6.04 Å². The Balaban J connectivity index is 2.68. The van der Waals surface area contributed by atoms with Crippen LogP contribution in [0.3, 0.4) is 0 Å². The van der Waals surface area contributed by atoms with E-state index in [0.717, 1.165) is 23.1 Å². The Labute approximate surface area is 126 Å². The molecule has 1 aromatic rings. The van der Waals surface area contributed by atoms with Gasteiger partial charge in [-0.25, -0.2) is 0 Å². The zero-order valence-electron chi connectivity index (χ0n) is 13.2. The van der Waals surface area contributed by atoms with Gasteiger partial charge in [0.2, 0.25) is 0 Å². The van der Waals surface area contributed by atoms with Crippen molar-refractivity contribution >= 4 is 15.9 Å². The molecule has 0 fully saturated rings. The van der Waals surface area contributed by atoms with E-state index in [-0.39, 0.29) is 5.41 Å². The van der Waals surface area contributed by atoms with Crippen LogP contribution < -0.4 is 5.32 Å². The van der Waals surface area contributed by atoms with Gasteiger partial charge in [0.15, 0.2) is 0 Å². The molecule has 0 aromatic carbocycles. The first-order valence-corrected chi connectivity index (χ1v) is 7.97. The van der Waals surface area contributed by atoms with E-state index in [1.807, 2.05) is 18.7 Å². The summed E-state index contributed by atoms with van der Waals surface area (Å²) < 4.78 is 3.17. The molecule has 1 rings (SSSR count). The van der Waals surface area contributed by atoms with Crippen LogP contribution in [-0.2, 0) is 13.5 Å². The van der Waals surface area contributed by atoms with Crippen molar-refractivity contribution in [2.75, 3.05) is 6.54 Å². The van der Waals surface area contributed by atoms with Crippen molar-refractivity contribution in [1.82, 2.24) is 15.1 Å². The molecule has 0 spiro atoms. The highest BCUT2D eigenvalue weighted by Crippen LogP contribution is 2.31. The first-order chi connectivity index (χ1) is 8.76. The van der Waals surface area contributed by atoms with E-state index < -0.39 is 0 Å². The lowest BCUT2D eigenvalue weighted by Crippen LogP contribution is -2.33. The highest BCUT2D eigenvalue weighted by atomic mass is 79.9. The summed E-state index contributed by atoms with van der Waals surface area (Å²) in [7, 11) is 2.03. The van der Waals surface area contributed by atoms with E-state index in [1.54, 1.807) is 0 Å². The fourth-order valence-corrected chi connectivity index (χ4v) is 3.17. The molecular weight excluding hydrogens is 302 g/mol. The van der Waals surface area contributed by atoms with E-state index in [4.69, 9.17) is 0 Å². The lowest BCUT2D eigenvalue weighted by Gasteiger charge is -2.29. The first kappa shape index (κ1) is 16.7. The van der Waals surface area contributed by atoms with Crippen molar-refractivity contribution in [3.05, 3.63) is 15.9 Å². The van der Waals surface area contributed by atoms with Crippen molar-refractivity contribution in [3.63, 3.8) is 0 Å². The molecule has 1 aromatic heterocycles. The number of hydrogen-bond acceptors (Lipinski definition) is 2. The molecule has 0 radical (unpaired) electrons. The number of aromatic nitrogens is 2. The van der Waals surface area contributed by atoms with Gasteiger partial charge >= 0.3 is 0 Å². The summed E-state index contributed by atoms with van der Waals surface area (Å²) in [4.78, 5) is 0. The zero-order chi connectivity index (χ0) is 14.6. The summed E-state index contributed by atoms with van der Waals surface area (Å²) in [5.74, 6) is 0. The minimum absolute atomic E-state index is 0.267. The maximum absolute atomic E-state index is 4.48. The van der Waals surface area contributed by atoms with Gasteiger partial charge in [-0.1, -0.05) is 20.8 Å². The minimum atomic E-state index is 0.267. The van der Waals surface area contributed by atoms with E-state index in [1.165, 1.54) is 18.5 Å². The predicted octanol–water partition coefficient (Wildman–Crippen LogP) is 3.84. The second-order valence-electron chi connectivity index (χ2n) is 6.37.